The molecule has 0 saturated heterocycles. The van der Waals surface area contributed by atoms with Crippen LogP contribution in [0.4, 0.5) is 0 Å². The number of nitrogens with zero attached hydrogens (tertiary/aromatic N) is 4. The molecular weight excluding hydrogens is 224 g/mol. The number of aryl methyl sites for hydroxylation is 1. The normalized spacial score (nSPS) is 41.0. The molecule has 18 heavy (non-hydrogen) atoms. The Morgan fingerprint density at radius 3 is 2.11 bits per heavy atom. The average Bonchev–Trinajstić information content (AvgIpc) is 2.69. The highest BCUT2D eigenvalue weighted by Gasteiger charge is 2.53. The highest BCUT2D eigenvalue weighted by Crippen LogP contribution is 2.58. The van der Waals surface area contributed by atoms with Crippen LogP contribution in [0, 0.1) is 36.0 Å². The van der Waals surface area contributed by atoms with Gasteiger partial charge < -0.3 is 0 Å². The molecule has 5 rings (SSSR count). The number of hydrogen-bond acceptors (Lipinski definition) is 3. The monoisotopic (exact) mass is 242 g/mol. The highest BCUT2D eigenvalue weighted by atomic mass is 15.5. The van der Waals surface area contributed by atoms with Gasteiger partial charge in [0.2, 0.25) is 0 Å². The Balaban J connectivity index is 1.77. The first-order chi connectivity index (χ1) is 8.68. The lowest BCUT2D eigenvalue weighted by molar-refractivity contribution is -0.0568. The predicted octanol–water partition coefficient (Wildman–Crippen LogP) is 2.38. The van der Waals surface area contributed by atoms with Crippen LogP contribution in [-0.4, -0.2) is 15.0 Å². The van der Waals surface area contributed by atoms with Crippen LogP contribution in [0.2, 0.25) is 0 Å². The molecule has 0 amide bonds. The minimum absolute atomic E-state index is 0.147. The van der Waals surface area contributed by atoms with Crippen molar-refractivity contribution in [3.05, 3.63) is 11.4 Å². The van der Waals surface area contributed by atoms with E-state index in [1.54, 1.807) is 0 Å². The molecule has 0 unspecified atom stereocenters. The largest absolute Gasteiger partial charge is 0.191 e. The van der Waals surface area contributed by atoms with Crippen LogP contribution in [0.5, 0.6) is 0 Å². The van der Waals surface area contributed by atoms with Crippen molar-refractivity contribution in [1.29, 1.82) is 5.26 Å². The molecule has 4 fully saturated rings. The van der Waals surface area contributed by atoms with E-state index in [0.717, 1.165) is 23.4 Å². The van der Waals surface area contributed by atoms with E-state index in [4.69, 9.17) is 5.26 Å². The fraction of sp³-hybridized carbons (Fsp3) is 0.786. The zero-order chi connectivity index (χ0) is 12.3. The second-order valence-electron chi connectivity index (χ2n) is 6.68. The van der Waals surface area contributed by atoms with Gasteiger partial charge in [-0.25, -0.2) is 0 Å². The molecule has 4 nitrogen and oxygen atoms in total. The van der Waals surface area contributed by atoms with Gasteiger partial charge in [0, 0.05) is 0 Å². The van der Waals surface area contributed by atoms with Crippen molar-refractivity contribution in [3.8, 4) is 6.07 Å². The van der Waals surface area contributed by atoms with E-state index in [1.165, 1.54) is 38.5 Å². The third-order valence-corrected chi connectivity index (χ3v) is 5.32. The molecule has 0 radical (unpaired) electrons. The first kappa shape index (κ1) is 10.5. The van der Waals surface area contributed by atoms with Gasteiger partial charge in [0.25, 0.3) is 0 Å². The minimum Gasteiger partial charge on any atom is -0.191 e. The average molecular weight is 242 g/mol. The quantitative estimate of drug-likeness (QED) is 0.759. The van der Waals surface area contributed by atoms with Gasteiger partial charge in [0.1, 0.15) is 6.07 Å². The van der Waals surface area contributed by atoms with Crippen molar-refractivity contribution < 1.29 is 0 Å². The molecule has 1 heterocycles. The third-order valence-electron chi connectivity index (χ3n) is 5.32. The Morgan fingerprint density at radius 1 is 1.11 bits per heavy atom. The summed E-state index contributed by atoms with van der Waals surface area (Å²) in [4.78, 5) is 1.92. The zero-order valence-corrected chi connectivity index (χ0v) is 10.8. The van der Waals surface area contributed by atoms with E-state index in [0.29, 0.717) is 5.69 Å². The summed E-state index contributed by atoms with van der Waals surface area (Å²) in [6.45, 7) is 1.89. The topological polar surface area (TPSA) is 54.5 Å². The van der Waals surface area contributed by atoms with Gasteiger partial charge in [0.05, 0.1) is 11.2 Å². The van der Waals surface area contributed by atoms with Crippen LogP contribution in [0.1, 0.15) is 49.9 Å². The second-order valence-corrected chi connectivity index (χ2v) is 6.68. The molecule has 4 bridgehead atoms. The van der Waals surface area contributed by atoms with Crippen molar-refractivity contribution >= 4 is 0 Å². The number of hydrogen-bond donors (Lipinski definition) is 0. The van der Waals surface area contributed by atoms with Gasteiger partial charge >= 0.3 is 0 Å². The predicted molar refractivity (Wildman–Crippen MR) is 65.6 cm³/mol. The van der Waals surface area contributed by atoms with Gasteiger partial charge in [-0.1, -0.05) is 0 Å². The molecule has 0 N–H and O–H groups in total. The van der Waals surface area contributed by atoms with Crippen LogP contribution < -0.4 is 0 Å². The number of rotatable bonds is 1. The molecule has 1 aromatic rings. The van der Waals surface area contributed by atoms with Gasteiger partial charge in [-0.15, -0.1) is 5.10 Å². The Hall–Kier alpha value is -1.37. The SMILES string of the molecule is Cc1nn(C23CC4CC(CC(C4)C2)C3)nc1C#N. The summed E-state index contributed by atoms with van der Waals surface area (Å²) in [5.74, 6) is 2.65. The van der Waals surface area contributed by atoms with Gasteiger partial charge in [0.15, 0.2) is 5.69 Å². The molecule has 0 aromatic carbocycles. The first-order valence-electron chi connectivity index (χ1n) is 7.03. The second kappa shape index (κ2) is 3.34. The summed E-state index contributed by atoms with van der Waals surface area (Å²) in [5, 5.41) is 18.1. The van der Waals surface area contributed by atoms with Crippen molar-refractivity contribution in [2.24, 2.45) is 17.8 Å². The molecule has 4 saturated carbocycles. The number of aromatic nitrogens is 3. The molecule has 4 aliphatic rings. The van der Waals surface area contributed by atoms with Crippen molar-refractivity contribution in [3.63, 3.8) is 0 Å². The highest BCUT2D eigenvalue weighted by molar-refractivity contribution is 5.23. The van der Waals surface area contributed by atoms with E-state index >= 15 is 0 Å². The van der Waals surface area contributed by atoms with Crippen LogP contribution >= 0.6 is 0 Å². The molecule has 0 aliphatic heterocycles. The Bertz CT molecular complexity index is 501. The lowest BCUT2D eigenvalue weighted by atomic mass is 9.53. The van der Waals surface area contributed by atoms with Gasteiger partial charge in [-0.3, -0.25) is 0 Å². The Morgan fingerprint density at radius 2 is 1.67 bits per heavy atom. The summed E-state index contributed by atoms with van der Waals surface area (Å²) in [6, 6.07) is 2.15. The Kier molecular flexibility index (Phi) is 1.96. The summed E-state index contributed by atoms with van der Waals surface area (Å²) in [6.07, 6.45) is 7.97. The van der Waals surface area contributed by atoms with Gasteiger partial charge in [-0.2, -0.15) is 15.2 Å². The fourth-order valence-corrected chi connectivity index (χ4v) is 5.00. The number of nitriles is 1. The molecule has 94 valence electrons. The van der Waals surface area contributed by atoms with Gasteiger partial charge in [-0.05, 0) is 63.2 Å². The molecule has 0 atom stereocenters. The first-order valence-corrected chi connectivity index (χ1v) is 7.03. The standard InChI is InChI=1S/C14H18N4/c1-9-13(8-15)17-18(16-9)14-5-10-2-11(6-14)4-12(3-10)7-14/h10-12H,2-7H2,1H3. The lowest BCUT2D eigenvalue weighted by Crippen LogP contribution is -2.52. The van der Waals surface area contributed by atoms with Crippen LogP contribution in [0.3, 0.4) is 0 Å². The van der Waals surface area contributed by atoms with E-state index in [-0.39, 0.29) is 5.54 Å². The smallest absolute Gasteiger partial charge is 0.185 e. The van der Waals surface area contributed by atoms with Crippen LogP contribution in [0.15, 0.2) is 0 Å². The van der Waals surface area contributed by atoms with Crippen molar-refractivity contribution in [2.45, 2.75) is 51.0 Å². The Labute approximate surface area is 107 Å². The summed E-state index contributed by atoms with van der Waals surface area (Å²) < 4.78 is 0. The van der Waals surface area contributed by atoms with Crippen LogP contribution in [0.25, 0.3) is 0 Å². The van der Waals surface area contributed by atoms with E-state index in [9.17, 15) is 0 Å². The third kappa shape index (κ3) is 1.31. The van der Waals surface area contributed by atoms with E-state index < -0.39 is 0 Å². The van der Waals surface area contributed by atoms with Crippen LogP contribution in [-0.2, 0) is 5.54 Å². The fourth-order valence-electron chi connectivity index (χ4n) is 5.00. The molecule has 4 heteroatoms. The summed E-state index contributed by atoms with van der Waals surface area (Å²) in [7, 11) is 0. The van der Waals surface area contributed by atoms with E-state index in [1.807, 2.05) is 11.7 Å². The molecule has 4 aliphatic carbocycles. The van der Waals surface area contributed by atoms with Crippen molar-refractivity contribution in [1.82, 2.24) is 15.0 Å². The minimum atomic E-state index is 0.147. The maximum absolute atomic E-state index is 9.05. The molecule has 1 aromatic heterocycles. The zero-order valence-electron chi connectivity index (χ0n) is 10.8. The maximum atomic E-state index is 9.05. The maximum Gasteiger partial charge on any atom is 0.185 e. The summed E-state index contributed by atoms with van der Waals surface area (Å²) >= 11 is 0. The molecule has 0 spiro atoms. The lowest BCUT2D eigenvalue weighted by Gasteiger charge is -2.55. The summed E-state index contributed by atoms with van der Waals surface area (Å²) in [5.41, 5.74) is 1.44. The molecular formula is C14H18N4. The van der Waals surface area contributed by atoms with Crippen molar-refractivity contribution in [2.75, 3.05) is 0 Å². The van der Waals surface area contributed by atoms with E-state index in [2.05, 4.69) is 16.3 Å².